The van der Waals surface area contributed by atoms with Crippen molar-refractivity contribution in [3.8, 4) is 0 Å². The highest BCUT2D eigenvalue weighted by Gasteiger charge is 2.48. The molecule has 4 rings (SSSR count). The Morgan fingerprint density at radius 1 is 1.00 bits per heavy atom. The molecule has 1 aromatic rings. The average molecular weight is 264 g/mol. The molecule has 3 aliphatic carbocycles. The van der Waals surface area contributed by atoms with Crippen LogP contribution in [0.2, 0.25) is 5.02 Å². The molecular weight excluding hydrogens is 242 g/mol. The topological polar surface area (TPSA) is 12.0 Å². The highest BCUT2D eigenvalue weighted by Crippen LogP contribution is 2.57. The zero-order valence-corrected chi connectivity index (χ0v) is 11.9. The lowest BCUT2D eigenvalue weighted by molar-refractivity contribution is 0.0415. The van der Waals surface area contributed by atoms with Crippen LogP contribution in [0, 0.1) is 5.41 Å². The Morgan fingerprint density at radius 2 is 1.56 bits per heavy atom. The molecule has 0 saturated heterocycles. The molecule has 2 heteroatoms. The van der Waals surface area contributed by atoms with Gasteiger partial charge in [0.15, 0.2) is 0 Å². The Labute approximate surface area is 115 Å². The first-order valence-corrected chi connectivity index (χ1v) is 7.47. The Morgan fingerprint density at radius 3 is 2.06 bits per heavy atom. The van der Waals surface area contributed by atoms with Crippen LogP contribution in [0.25, 0.3) is 0 Å². The molecule has 2 bridgehead atoms. The zero-order chi connectivity index (χ0) is 12.6. The van der Waals surface area contributed by atoms with Crippen molar-refractivity contribution in [1.29, 1.82) is 0 Å². The molecule has 1 N–H and O–H groups in total. The molecule has 3 fully saturated rings. The lowest BCUT2D eigenvalue weighted by Crippen LogP contribution is -2.47. The van der Waals surface area contributed by atoms with Gasteiger partial charge in [0, 0.05) is 11.6 Å². The molecule has 0 spiro atoms. The predicted octanol–water partition coefficient (Wildman–Crippen LogP) is 4.15. The van der Waals surface area contributed by atoms with E-state index in [9.17, 15) is 0 Å². The molecule has 1 aromatic carbocycles. The van der Waals surface area contributed by atoms with Crippen LogP contribution in [-0.2, 0) is 5.41 Å². The SMILES string of the molecule is CNCC12CCC(c3ccc(Cl)cc3)(CC1)CC2. The third kappa shape index (κ3) is 1.98. The first kappa shape index (κ1) is 12.5. The summed E-state index contributed by atoms with van der Waals surface area (Å²) in [6.45, 7) is 1.20. The van der Waals surface area contributed by atoms with Gasteiger partial charge in [-0.15, -0.1) is 0 Å². The van der Waals surface area contributed by atoms with Crippen molar-refractivity contribution < 1.29 is 0 Å². The van der Waals surface area contributed by atoms with Gasteiger partial charge in [-0.3, -0.25) is 0 Å². The minimum absolute atomic E-state index is 0.458. The standard InChI is InChI=1S/C16H22ClN/c1-18-12-15-6-9-16(10-7-15,11-8-15)13-2-4-14(17)5-3-13/h2-5,18H,6-12H2,1H3. The van der Waals surface area contributed by atoms with E-state index in [2.05, 4.69) is 36.6 Å². The fourth-order valence-electron chi connectivity index (χ4n) is 4.14. The van der Waals surface area contributed by atoms with Gasteiger partial charge in [-0.1, -0.05) is 23.7 Å². The largest absolute Gasteiger partial charge is 0.319 e. The molecule has 0 amide bonds. The molecule has 1 nitrogen and oxygen atoms in total. The summed E-state index contributed by atoms with van der Waals surface area (Å²) in [4.78, 5) is 0. The second kappa shape index (κ2) is 4.54. The van der Waals surface area contributed by atoms with Gasteiger partial charge in [0.1, 0.15) is 0 Å². The number of nitrogens with one attached hydrogen (secondary N) is 1. The molecule has 0 unspecified atom stereocenters. The number of hydrogen-bond donors (Lipinski definition) is 1. The van der Waals surface area contributed by atoms with Crippen LogP contribution in [0.3, 0.4) is 0 Å². The van der Waals surface area contributed by atoms with Gasteiger partial charge < -0.3 is 5.32 Å². The quantitative estimate of drug-likeness (QED) is 0.864. The average Bonchev–Trinajstić information content (AvgIpc) is 2.42. The summed E-state index contributed by atoms with van der Waals surface area (Å²) in [7, 11) is 2.09. The maximum atomic E-state index is 6.00. The fraction of sp³-hybridized carbons (Fsp3) is 0.625. The zero-order valence-electron chi connectivity index (χ0n) is 11.1. The maximum Gasteiger partial charge on any atom is 0.0406 e. The van der Waals surface area contributed by atoms with Crippen LogP contribution >= 0.6 is 11.6 Å². The van der Waals surface area contributed by atoms with E-state index in [1.54, 1.807) is 0 Å². The van der Waals surface area contributed by atoms with Gasteiger partial charge in [-0.2, -0.15) is 0 Å². The van der Waals surface area contributed by atoms with Gasteiger partial charge in [0.2, 0.25) is 0 Å². The maximum absolute atomic E-state index is 6.00. The predicted molar refractivity (Wildman–Crippen MR) is 77.2 cm³/mol. The lowest BCUT2D eigenvalue weighted by atomic mass is 9.52. The molecule has 18 heavy (non-hydrogen) atoms. The molecule has 0 aliphatic heterocycles. The van der Waals surface area contributed by atoms with Crippen LogP contribution in [0.5, 0.6) is 0 Å². The minimum Gasteiger partial charge on any atom is -0.319 e. The minimum atomic E-state index is 0.458. The van der Waals surface area contributed by atoms with Gasteiger partial charge in [0.05, 0.1) is 0 Å². The van der Waals surface area contributed by atoms with Crippen LogP contribution in [-0.4, -0.2) is 13.6 Å². The smallest absolute Gasteiger partial charge is 0.0406 e. The molecule has 3 saturated carbocycles. The van der Waals surface area contributed by atoms with E-state index >= 15 is 0 Å². The number of benzene rings is 1. The molecule has 0 atom stereocenters. The Balaban J connectivity index is 1.82. The number of halogens is 1. The van der Waals surface area contributed by atoms with E-state index in [0.29, 0.717) is 10.8 Å². The Kier molecular flexibility index (Phi) is 3.15. The second-order valence-electron chi connectivity index (χ2n) is 6.32. The normalized spacial score (nSPS) is 34.8. The Bertz CT molecular complexity index is 399. The first-order chi connectivity index (χ1) is 8.68. The third-order valence-corrected chi connectivity index (χ3v) is 5.66. The van der Waals surface area contributed by atoms with Crippen molar-refractivity contribution >= 4 is 11.6 Å². The van der Waals surface area contributed by atoms with E-state index in [1.165, 1.54) is 50.6 Å². The number of rotatable bonds is 3. The van der Waals surface area contributed by atoms with E-state index in [-0.39, 0.29) is 0 Å². The number of fused-ring (bicyclic) bond motifs is 3. The van der Waals surface area contributed by atoms with Gasteiger partial charge >= 0.3 is 0 Å². The highest BCUT2D eigenvalue weighted by molar-refractivity contribution is 6.30. The lowest BCUT2D eigenvalue weighted by Gasteiger charge is -2.54. The number of hydrogen-bond acceptors (Lipinski definition) is 1. The first-order valence-electron chi connectivity index (χ1n) is 7.09. The summed E-state index contributed by atoms with van der Waals surface area (Å²) in [6, 6.07) is 8.60. The van der Waals surface area contributed by atoms with Crippen molar-refractivity contribution in [3.05, 3.63) is 34.9 Å². The molecular formula is C16H22ClN. The van der Waals surface area contributed by atoms with E-state index in [4.69, 9.17) is 11.6 Å². The van der Waals surface area contributed by atoms with E-state index in [1.807, 2.05) is 0 Å². The van der Waals surface area contributed by atoms with Crippen molar-refractivity contribution in [2.45, 2.75) is 43.9 Å². The van der Waals surface area contributed by atoms with Crippen molar-refractivity contribution in [2.24, 2.45) is 5.41 Å². The summed E-state index contributed by atoms with van der Waals surface area (Å²) >= 11 is 6.00. The van der Waals surface area contributed by atoms with Crippen molar-refractivity contribution in [1.82, 2.24) is 5.32 Å². The summed E-state index contributed by atoms with van der Waals surface area (Å²) in [6.07, 6.45) is 8.23. The van der Waals surface area contributed by atoms with Gasteiger partial charge in [-0.25, -0.2) is 0 Å². The molecule has 0 aromatic heterocycles. The van der Waals surface area contributed by atoms with Crippen LogP contribution < -0.4 is 5.32 Å². The van der Waals surface area contributed by atoms with Crippen LogP contribution in [0.1, 0.15) is 44.1 Å². The van der Waals surface area contributed by atoms with E-state index in [0.717, 1.165) is 5.02 Å². The summed E-state index contributed by atoms with van der Waals surface area (Å²) in [5.74, 6) is 0. The van der Waals surface area contributed by atoms with Crippen LogP contribution in [0.15, 0.2) is 24.3 Å². The third-order valence-electron chi connectivity index (χ3n) is 5.41. The van der Waals surface area contributed by atoms with Crippen LogP contribution in [0.4, 0.5) is 0 Å². The summed E-state index contributed by atoms with van der Waals surface area (Å²) in [5.41, 5.74) is 2.58. The second-order valence-corrected chi connectivity index (χ2v) is 6.75. The van der Waals surface area contributed by atoms with E-state index < -0.39 is 0 Å². The molecule has 98 valence electrons. The monoisotopic (exact) mass is 263 g/mol. The van der Waals surface area contributed by atoms with Crippen molar-refractivity contribution in [3.63, 3.8) is 0 Å². The van der Waals surface area contributed by atoms with Gasteiger partial charge in [-0.05, 0) is 74.1 Å². The van der Waals surface area contributed by atoms with Gasteiger partial charge in [0.25, 0.3) is 0 Å². The fourth-order valence-corrected chi connectivity index (χ4v) is 4.27. The molecule has 0 radical (unpaired) electrons. The summed E-state index contributed by atoms with van der Waals surface area (Å²) < 4.78 is 0. The molecule has 0 heterocycles. The Hall–Kier alpha value is -0.530. The summed E-state index contributed by atoms with van der Waals surface area (Å²) in [5, 5.41) is 4.25. The van der Waals surface area contributed by atoms with Crippen molar-refractivity contribution in [2.75, 3.05) is 13.6 Å². The highest BCUT2D eigenvalue weighted by atomic mass is 35.5. The molecule has 3 aliphatic rings.